The number of allylic oxidation sites excluding steroid dienone is 2. The topological polar surface area (TPSA) is 91.0 Å². The monoisotopic (exact) mass is 412 g/mol. The average Bonchev–Trinajstić information content (AvgIpc) is 2.80. The Hall–Kier alpha value is -2.71. The molecule has 3 atom stereocenters. The van der Waals surface area contributed by atoms with Gasteiger partial charge in [0, 0.05) is 31.2 Å². The third-order valence-electron chi connectivity index (χ3n) is 6.12. The second kappa shape index (κ2) is 8.97. The van der Waals surface area contributed by atoms with E-state index < -0.39 is 0 Å². The molecule has 3 amide bonds. The first kappa shape index (κ1) is 20.6. The molecule has 0 unspecified atom stereocenters. The second-order valence-electron chi connectivity index (χ2n) is 8.06. The number of morpholine rings is 1. The maximum atomic E-state index is 12.9. The predicted molar refractivity (Wildman–Crippen MR) is 112 cm³/mol. The minimum Gasteiger partial charge on any atom is -0.379 e. The van der Waals surface area contributed by atoms with E-state index in [0.29, 0.717) is 43.9 Å². The molecule has 0 radical (unpaired) electrons. The number of hydrogen-bond donors (Lipinski definition) is 2. The number of fused-ring (bicyclic) bond motifs is 1. The van der Waals surface area contributed by atoms with E-state index in [2.05, 4.69) is 22.6 Å². The molecule has 0 bridgehead atoms. The Morgan fingerprint density at radius 1 is 1.20 bits per heavy atom. The van der Waals surface area contributed by atoms with Gasteiger partial charge in [-0.2, -0.15) is 0 Å². The molecule has 8 nitrogen and oxygen atoms in total. The fraction of sp³-hybridized carbons (Fsp3) is 0.500. The molecule has 1 aliphatic carbocycles. The summed E-state index contributed by atoms with van der Waals surface area (Å²) in [5.74, 6) is -1.16. The van der Waals surface area contributed by atoms with Crippen LogP contribution in [0.2, 0.25) is 0 Å². The quantitative estimate of drug-likeness (QED) is 0.707. The minimum atomic E-state index is -0.351. The predicted octanol–water partition coefficient (Wildman–Crippen LogP) is 1.10. The van der Waals surface area contributed by atoms with Crippen LogP contribution in [-0.4, -0.2) is 61.5 Å². The normalized spacial score (nSPS) is 25.4. The summed E-state index contributed by atoms with van der Waals surface area (Å²) < 4.78 is 5.37. The van der Waals surface area contributed by atoms with Crippen LogP contribution < -0.4 is 15.8 Å². The maximum absolute atomic E-state index is 12.9. The van der Waals surface area contributed by atoms with Crippen LogP contribution in [0.15, 0.2) is 36.4 Å². The smallest absolute Gasteiger partial charge is 0.251 e. The molecular formula is C22H28N4O4. The number of nitrogens with one attached hydrogen (secondary N) is 2. The highest BCUT2D eigenvalue weighted by Gasteiger charge is 2.42. The molecule has 8 heteroatoms. The van der Waals surface area contributed by atoms with Crippen molar-refractivity contribution < 1.29 is 19.1 Å². The molecule has 0 spiro atoms. The molecule has 0 aromatic heterocycles. The number of anilines is 1. The van der Waals surface area contributed by atoms with E-state index in [0.717, 1.165) is 13.1 Å². The van der Waals surface area contributed by atoms with Gasteiger partial charge in [0.25, 0.3) is 5.91 Å². The van der Waals surface area contributed by atoms with Crippen LogP contribution in [0.5, 0.6) is 0 Å². The number of hydrazine groups is 1. The first-order valence-corrected chi connectivity index (χ1v) is 10.5. The molecular weight excluding hydrogens is 384 g/mol. The van der Waals surface area contributed by atoms with Gasteiger partial charge in [0.15, 0.2) is 0 Å². The van der Waals surface area contributed by atoms with Crippen LogP contribution in [0.25, 0.3) is 0 Å². The van der Waals surface area contributed by atoms with Crippen molar-refractivity contribution in [1.29, 1.82) is 0 Å². The number of carbonyl (C=O) groups is 3. The fourth-order valence-electron chi connectivity index (χ4n) is 4.26. The first-order chi connectivity index (χ1) is 14.5. The number of amides is 3. The van der Waals surface area contributed by atoms with Crippen molar-refractivity contribution in [2.45, 2.75) is 25.8 Å². The van der Waals surface area contributed by atoms with Gasteiger partial charge in [-0.3, -0.25) is 24.7 Å². The summed E-state index contributed by atoms with van der Waals surface area (Å²) in [7, 11) is 0. The van der Waals surface area contributed by atoms with Gasteiger partial charge in [-0.25, -0.2) is 5.01 Å². The SMILES string of the molecule is C[C@H](CNC(=O)c1cccc(N2NC(=O)[C@H]3CC=CC[C@@H]3C2=O)c1)N1CCOCC1. The number of nitrogens with zero attached hydrogens (tertiary/aromatic N) is 2. The van der Waals surface area contributed by atoms with E-state index in [1.54, 1.807) is 24.3 Å². The number of ether oxygens (including phenoxy) is 1. The maximum Gasteiger partial charge on any atom is 0.251 e. The Morgan fingerprint density at radius 2 is 1.93 bits per heavy atom. The van der Waals surface area contributed by atoms with Crippen LogP contribution in [0, 0.1) is 11.8 Å². The Labute approximate surface area is 176 Å². The van der Waals surface area contributed by atoms with E-state index in [9.17, 15) is 14.4 Å². The molecule has 2 saturated heterocycles. The van der Waals surface area contributed by atoms with Gasteiger partial charge in [-0.05, 0) is 38.0 Å². The summed E-state index contributed by atoms with van der Waals surface area (Å²) in [6.45, 7) is 5.76. The van der Waals surface area contributed by atoms with Crippen molar-refractivity contribution in [3.05, 3.63) is 42.0 Å². The lowest BCUT2D eigenvalue weighted by atomic mass is 9.80. The molecule has 0 saturated carbocycles. The highest BCUT2D eigenvalue weighted by atomic mass is 16.5. The number of rotatable bonds is 5. The molecule has 4 rings (SSSR count). The Balaban J connectivity index is 1.42. The third kappa shape index (κ3) is 4.24. The van der Waals surface area contributed by atoms with Gasteiger partial charge in [-0.15, -0.1) is 0 Å². The van der Waals surface area contributed by atoms with Gasteiger partial charge >= 0.3 is 0 Å². The van der Waals surface area contributed by atoms with Crippen LogP contribution in [0.3, 0.4) is 0 Å². The Morgan fingerprint density at radius 3 is 2.70 bits per heavy atom. The van der Waals surface area contributed by atoms with Crippen LogP contribution >= 0.6 is 0 Å². The summed E-state index contributed by atoms with van der Waals surface area (Å²) in [4.78, 5) is 40.4. The van der Waals surface area contributed by atoms with Gasteiger partial charge in [-0.1, -0.05) is 18.2 Å². The van der Waals surface area contributed by atoms with Gasteiger partial charge in [0.2, 0.25) is 11.8 Å². The second-order valence-corrected chi connectivity index (χ2v) is 8.06. The minimum absolute atomic E-state index is 0.137. The van der Waals surface area contributed by atoms with Crippen molar-refractivity contribution >= 4 is 23.4 Å². The van der Waals surface area contributed by atoms with Crippen molar-refractivity contribution in [3.63, 3.8) is 0 Å². The number of benzene rings is 1. The lowest BCUT2D eigenvalue weighted by molar-refractivity contribution is -0.139. The Bertz CT molecular complexity index is 849. The summed E-state index contributed by atoms with van der Waals surface area (Å²) in [6.07, 6.45) is 5.05. The highest BCUT2D eigenvalue weighted by Crippen LogP contribution is 2.32. The number of hydrogen-bond acceptors (Lipinski definition) is 5. The average molecular weight is 412 g/mol. The zero-order valence-corrected chi connectivity index (χ0v) is 17.2. The molecule has 30 heavy (non-hydrogen) atoms. The molecule has 2 aliphatic heterocycles. The standard InChI is InChI=1S/C22H28N4O4/c1-15(25-9-11-30-12-10-25)14-23-20(27)16-5-4-6-17(13-16)26-22(29)19-8-3-2-7-18(19)21(28)24-26/h2-6,13,15,18-19H,7-12,14H2,1H3,(H,23,27)(H,24,28)/t15-,18+,19+/m1/s1. The van der Waals surface area contributed by atoms with Gasteiger partial charge in [0.05, 0.1) is 30.7 Å². The van der Waals surface area contributed by atoms with Crippen LogP contribution in [0.1, 0.15) is 30.1 Å². The fourth-order valence-corrected chi connectivity index (χ4v) is 4.26. The van der Waals surface area contributed by atoms with Gasteiger partial charge < -0.3 is 10.1 Å². The summed E-state index contributed by atoms with van der Waals surface area (Å²) in [6, 6.07) is 7.01. The first-order valence-electron chi connectivity index (χ1n) is 10.5. The lowest BCUT2D eigenvalue weighted by Gasteiger charge is -2.38. The summed E-state index contributed by atoms with van der Waals surface area (Å²) >= 11 is 0. The molecule has 160 valence electrons. The summed E-state index contributed by atoms with van der Waals surface area (Å²) in [5, 5.41) is 4.26. The van der Waals surface area contributed by atoms with Crippen molar-refractivity contribution in [1.82, 2.24) is 15.6 Å². The van der Waals surface area contributed by atoms with E-state index in [4.69, 9.17) is 4.74 Å². The molecule has 2 fully saturated rings. The van der Waals surface area contributed by atoms with Crippen molar-refractivity contribution in [3.8, 4) is 0 Å². The molecule has 3 aliphatic rings. The Kier molecular flexibility index (Phi) is 6.15. The number of carbonyl (C=O) groups excluding carboxylic acids is 3. The molecule has 2 heterocycles. The third-order valence-corrected chi connectivity index (χ3v) is 6.12. The lowest BCUT2D eigenvalue weighted by Crippen LogP contribution is -2.59. The van der Waals surface area contributed by atoms with Gasteiger partial charge in [0.1, 0.15) is 0 Å². The van der Waals surface area contributed by atoms with Crippen molar-refractivity contribution in [2.75, 3.05) is 37.9 Å². The van der Waals surface area contributed by atoms with Crippen LogP contribution in [-0.2, 0) is 14.3 Å². The van der Waals surface area contributed by atoms with Crippen molar-refractivity contribution in [2.24, 2.45) is 11.8 Å². The zero-order chi connectivity index (χ0) is 21.1. The van der Waals surface area contributed by atoms with E-state index in [1.165, 1.54) is 5.01 Å². The molecule has 2 N–H and O–H groups in total. The largest absolute Gasteiger partial charge is 0.379 e. The highest BCUT2D eigenvalue weighted by molar-refractivity contribution is 6.05. The molecule has 1 aromatic carbocycles. The summed E-state index contributed by atoms with van der Waals surface area (Å²) in [5.41, 5.74) is 3.65. The van der Waals surface area contributed by atoms with E-state index >= 15 is 0 Å². The van der Waals surface area contributed by atoms with E-state index in [-0.39, 0.29) is 35.6 Å². The zero-order valence-electron chi connectivity index (χ0n) is 17.2. The van der Waals surface area contributed by atoms with Crippen LogP contribution in [0.4, 0.5) is 5.69 Å². The molecule has 1 aromatic rings. The van der Waals surface area contributed by atoms with E-state index in [1.807, 2.05) is 12.2 Å².